The van der Waals surface area contributed by atoms with Crippen LogP contribution in [0.4, 0.5) is 10.2 Å². The van der Waals surface area contributed by atoms with Crippen molar-refractivity contribution >= 4 is 28.5 Å². The largest absolute Gasteiger partial charge is 0.478 e. The molecule has 1 aromatic carbocycles. The van der Waals surface area contributed by atoms with E-state index < -0.39 is 11.8 Å². The van der Waals surface area contributed by atoms with Crippen LogP contribution >= 0.6 is 0 Å². The molecule has 0 spiro atoms. The summed E-state index contributed by atoms with van der Waals surface area (Å²) in [5.41, 5.74) is 2.24. The van der Waals surface area contributed by atoms with Crippen LogP contribution in [0.1, 0.15) is 28.9 Å². The van der Waals surface area contributed by atoms with Crippen LogP contribution in [-0.2, 0) is 0 Å². The van der Waals surface area contributed by atoms with E-state index in [-0.39, 0.29) is 16.7 Å². The summed E-state index contributed by atoms with van der Waals surface area (Å²) < 4.78 is 15.6. The molecule has 4 aromatic rings. The zero-order chi connectivity index (χ0) is 20.1. The summed E-state index contributed by atoms with van der Waals surface area (Å²) in [7, 11) is 0. The highest BCUT2D eigenvalue weighted by molar-refractivity contribution is 5.95. The van der Waals surface area contributed by atoms with Gasteiger partial charge in [0, 0.05) is 19.2 Å². The van der Waals surface area contributed by atoms with Gasteiger partial charge in [0.25, 0.3) is 0 Å². The van der Waals surface area contributed by atoms with E-state index in [1.165, 1.54) is 10.6 Å². The maximum Gasteiger partial charge on any atom is 0.339 e. The first-order chi connectivity index (χ1) is 14.0. The zero-order valence-corrected chi connectivity index (χ0v) is 15.6. The number of halogens is 1. The molecule has 0 radical (unpaired) electrons. The molecule has 29 heavy (non-hydrogen) atoms. The van der Waals surface area contributed by atoms with Crippen LogP contribution in [0.2, 0.25) is 0 Å². The molecule has 0 atom stereocenters. The highest BCUT2D eigenvalue weighted by atomic mass is 19.1. The normalized spacial score (nSPS) is 14.2. The average molecular weight is 392 g/mol. The van der Waals surface area contributed by atoms with Crippen molar-refractivity contribution in [3.63, 3.8) is 0 Å². The Bertz CT molecular complexity index is 1280. The third-order valence-electron chi connectivity index (χ3n) is 5.14. The van der Waals surface area contributed by atoms with E-state index >= 15 is 0 Å². The minimum Gasteiger partial charge on any atom is -0.478 e. The molecule has 0 saturated carbocycles. The lowest BCUT2D eigenvalue weighted by molar-refractivity contribution is 0.0698. The van der Waals surface area contributed by atoms with Gasteiger partial charge in [-0.1, -0.05) is 6.07 Å². The Morgan fingerprint density at radius 3 is 2.72 bits per heavy atom. The second-order valence-corrected chi connectivity index (χ2v) is 7.08. The number of hydrogen-bond donors (Lipinski definition) is 1. The number of hydrogen-bond acceptors (Lipinski definition) is 6. The van der Waals surface area contributed by atoms with Gasteiger partial charge in [0.2, 0.25) is 0 Å². The summed E-state index contributed by atoms with van der Waals surface area (Å²) in [6, 6.07) is 6.15. The molecule has 1 aliphatic rings. The number of fused-ring (bicyclic) bond motifs is 2. The van der Waals surface area contributed by atoms with Crippen LogP contribution in [0.25, 0.3) is 28.1 Å². The van der Waals surface area contributed by atoms with Crippen molar-refractivity contribution in [1.29, 1.82) is 0 Å². The van der Waals surface area contributed by atoms with Crippen LogP contribution in [0.5, 0.6) is 0 Å². The fourth-order valence-corrected chi connectivity index (χ4v) is 3.71. The molecule has 9 heteroatoms. The van der Waals surface area contributed by atoms with E-state index in [0.29, 0.717) is 28.4 Å². The standard InChI is InChI=1S/C20H17FN6O2/c1-11-17(24-18-13(21)5-4-6-14(18)22-11)15-10-27-19(23-15)12(20(28)29)9-16(25-27)26-7-2-3-8-26/h4-6,9-10H,2-3,7-8H2,1H3,(H,28,29). The number of benzene rings is 1. The first-order valence-corrected chi connectivity index (χ1v) is 9.33. The lowest BCUT2D eigenvalue weighted by Gasteiger charge is -2.16. The number of imidazole rings is 1. The van der Waals surface area contributed by atoms with Crippen molar-refractivity contribution in [2.24, 2.45) is 0 Å². The molecule has 146 valence electrons. The Balaban J connectivity index is 1.71. The number of rotatable bonds is 3. The van der Waals surface area contributed by atoms with Crippen LogP contribution in [0, 0.1) is 12.7 Å². The Kier molecular flexibility index (Phi) is 3.90. The average Bonchev–Trinajstić information content (AvgIpc) is 3.36. The molecule has 1 N–H and O–H groups in total. The van der Waals surface area contributed by atoms with Gasteiger partial charge in [-0.2, -0.15) is 0 Å². The lowest BCUT2D eigenvalue weighted by atomic mass is 10.2. The van der Waals surface area contributed by atoms with Crippen molar-refractivity contribution in [2.75, 3.05) is 18.0 Å². The molecule has 3 aromatic heterocycles. The Labute approximate surface area is 164 Å². The van der Waals surface area contributed by atoms with E-state index in [4.69, 9.17) is 0 Å². The molecule has 8 nitrogen and oxygen atoms in total. The number of aromatic carboxylic acids is 1. The molecule has 4 heterocycles. The molecule has 1 saturated heterocycles. The number of carbonyl (C=O) groups is 1. The maximum atomic E-state index is 14.2. The molecular weight excluding hydrogens is 375 g/mol. The Morgan fingerprint density at radius 1 is 1.17 bits per heavy atom. The highest BCUT2D eigenvalue weighted by Gasteiger charge is 2.22. The van der Waals surface area contributed by atoms with E-state index in [9.17, 15) is 14.3 Å². The van der Waals surface area contributed by atoms with Crippen molar-refractivity contribution in [3.05, 3.63) is 47.5 Å². The summed E-state index contributed by atoms with van der Waals surface area (Å²) >= 11 is 0. The molecule has 1 aliphatic heterocycles. The highest BCUT2D eigenvalue weighted by Crippen LogP contribution is 2.27. The van der Waals surface area contributed by atoms with Gasteiger partial charge in [-0.25, -0.2) is 28.7 Å². The number of carboxylic acids is 1. The topological polar surface area (TPSA) is 96.5 Å². The summed E-state index contributed by atoms with van der Waals surface area (Å²) in [6.07, 6.45) is 3.72. The first kappa shape index (κ1) is 17.5. The van der Waals surface area contributed by atoms with Crippen LogP contribution in [0.3, 0.4) is 0 Å². The fourth-order valence-electron chi connectivity index (χ4n) is 3.71. The van der Waals surface area contributed by atoms with Gasteiger partial charge in [-0.3, -0.25) is 0 Å². The molecular formula is C20H17FN6O2. The van der Waals surface area contributed by atoms with Gasteiger partial charge < -0.3 is 10.0 Å². The monoisotopic (exact) mass is 392 g/mol. The van der Waals surface area contributed by atoms with E-state index in [0.717, 1.165) is 25.9 Å². The Morgan fingerprint density at radius 2 is 1.97 bits per heavy atom. The van der Waals surface area contributed by atoms with Crippen LogP contribution in [0.15, 0.2) is 30.5 Å². The van der Waals surface area contributed by atoms with E-state index in [1.54, 1.807) is 31.3 Å². The predicted octanol–water partition coefficient (Wildman–Crippen LogP) is 3.09. The SMILES string of the molecule is Cc1nc2cccc(F)c2nc1-c1cn2nc(N3CCCC3)cc(C(=O)O)c2n1. The van der Waals surface area contributed by atoms with Crippen molar-refractivity contribution in [2.45, 2.75) is 19.8 Å². The fraction of sp³-hybridized carbons (Fsp3) is 0.250. The third kappa shape index (κ3) is 2.86. The van der Waals surface area contributed by atoms with Gasteiger partial charge in [0.05, 0.1) is 17.4 Å². The molecule has 1 fully saturated rings. The molecule has 0 aliphatic carbocycles. The van der Waals surface area contributed by atoms with Crippen molar-refractivity contribution in [1.82, 2.24) is 24.6 Å². The Hall–Kier alpha value is -3.62. The summed E-state index contributed by atoms with van der Waals surface area (Å²) in [5, 5.41) is 14.2. The van der Waals surface area contributed by atoms with Gasteiger partial charge in [0.1, 0.15) is 22.5 Å². The lowest BCUT2D eigenvalue weighted by Crippen LogP contribution is -2.21. The minimum absolute atomic E-state index is 0.0609. The number of aromatic nitrogens is 5. The quantitative estimate of drug-likeness (QED) is 0.572. The maximum absolute atomic E-state index is 14.2. The predicted molar refractivity (Wildman–Crippen MR) is 105 cm³/mol. The number of aryl methyl sites for hydroxylation is 1. The molecule has 0 unspecified atom stereocenters. The summed E-state index contributed by atoms with van der Waals surface area (Å²) in [6.45, 7) is 3.44. The minimum atomic E-state index is -1.08. The van der Waals surface area contributed by atoms with Gasteiger partial charge in [-0.15, -0.1) is 5.10 Å². The smallest absolute Gasteiger partial charge is 0.339 e. The number of anilines is 1. The molecule has 0 amide bonds. The van der Waals surface area contributed by atoms with Crippen molar-refractivity contribution in [3.8, 4) is 11.4 Å². The first-order valence-electron chi connectivity index (χ1n) is 9.33. The number of para-hydroxylation sites is 1. The van der Waals surface area contributed by atoms with Crippen molar-refractivity contribution < 1.29 is 14.3 Å². The second kappa shape index (κ2) is 6.47. The zero-order valence-electron chi connectivity index (χ0n) is 15.6. The third-order valence-corrected chi connectivity index (χ3v) is 5.14. The van der Waals surface area contributed by atoms with Crippen LogP contribution < -0.4 is 4.90 Å². The number of carboxylic acid groups (broad SMARTS) is 1. The second-order valence-electron chi connectivity index (χ2n) is 7.08. The van der Waals surface area contributed by atoms with Gasteiger partial charge in [0.15, 0.2) is 17.3 Å². The van der Waals surface area contributed by atoms with Gasteiger partial charge >= 0.3 is 5.97 Å². The van der Waals surface area contributed by atoms with Crippen LogP contribution in [-0.4, -0.2) is 48.7 Å². The molecule has 5 rings (SSSR count). The summed E-state index contributed by atoms with van der Waals surface area (Å²) in [4.78, 5) is 27.2. The summed E-state index contributed by atoms with van der Waals surface area (Å²) in [5.74, 6) is -0.952. The number of nitrogens with zero attached hydrogens (tertiary/aromatic N) is 6. The van der Waals surface area contributed by atoms with E-state index in [2.05, 4.69) is 25.0 Å². The molecule has 0 bridgehead atoms. The van der Waals surface area contributed by atoms with Gasteiger partial charge in [-0.05, 0) is 31.9 Å². The van der Waals surface area contributed by atoms with E-state index in [1.807, 2.05) is 0 Å².